The van der Waals surface area contributed by atoms with E-state index in [2.05, 4.69) is 23.1 Å². The molecule has 0 unspecified atom stereocenters. The summed E-state index contributed by atoms with van der Waals surface area (Å²) in [6.45, 7) is 4.91. The smallest absolute Gasteiger partial charge is 0.0860 e. The van der Waals surface area contributed by atoms with Crippen LogP contribution in [0.15, 0.2) is 18.2 Å². The molecule has 1 heterocycles. The predicted molar refractivity (Wildman–Crippen MR) is 70.4 cm³/mol. The Morgan fingerprint density at radius 3 is 2.65 bits per heavy atom. The van der Waals surface area contributed by atoms with Crippen molar-refractivity contribution in [3.63, 3.8) is 0 Å². The van der Waals surface area contributed by atoms with Crippen LogP contribution < -0.4 is 4.90 Å². The van der Waals surface area contributed by atoms with Crippen molar-refractivity contribution in [3.05, 3.63) is 29.3 Å². The summed E-state index contributed by atoms with van der Waals surface area (Å²) < 4.78 is 0. The van der Waals surface area contributed by atoms with Gasteiger partial charge in [0.05, 0.1) is 5.60 Å². The van der Waals surface area contributed by atoms with Crippen LogP contribution >= 0.6 is 0 Å². The van der Waals surface area contributed by atoms with Crippen molar-refractivity contribution >= 4 is 5.69 Å². The van der Waals surface area contributed by atoms with Crippen molar-refractivity contribution in [1.82, 2.24) is 0 Å². The topological polar surface area (TPSA) is 23.5 Å². The third kappa shape index (κ3) is 1.75. The largest absolute Gasteiger partial charge is 0.386 e. The Bertz CT molecular complexity index is 429. The molecule has 1 fully saturated rings. The Labute approximate surface area is 103 Å². The van der Waals surface area contributed by atoms with Crippen LogP contribution in [-0.2, 0) is 12.0 Å². The highest BCUT2D eigenvalue weighted by Gasteiger charge is 2.34. The fourth-order valence-corrected chi connectivity index (χ4v) is 3.04. The van der Waals surface area contributed by atoms with Crippen LogP contribution in [0.3, 0.4) is 0 Å². The predicted octanol–water partition coefficient (Wildman–Crippen LogP) is 2.83. The van der Waals surface area contributed by atoms with Crippen molar-refractivity contribution in [2.45, 2.75) is 51.2 Å². The number of benzene rings is 1. The Hall–Kier alpha value is -1.02. The van der Waals surface area contributed by atoms with Crippen molar-refractivity contribution in [1.29, 1.82) is 0 Å². The zero-order chi connectivity index (χ0) is 12.0. The highest BCUT2D eigenvalue weighted by Crippen LogP contribution is 2.41. The van der Waals surface area contributed by atoms with E-state index in [1.165, 1.54) is 30.5 Å². The third-order valence-corrected chi connectivity index (χ3v) is 4.20. The quantitative estimate of drug-likeness (QED) is 0.846. The number of hydrogen-bond acceptors (Lipinski definition) is 2. The Morgan fingerprint density at radius 2 is 2.06 bits per heavy atom. The first-order valence-electron chi connectivity index (χ1n) is 6.69. The maximum atomic E-state index is 10.3. The molecule has 1 aromatic carbocycles. The summed E-state index contributed by atoms with van der Waals surface area (Å²) in [6.07, 6.45) is 5.14. The number of para-hydroxylation sites is 1. The van der Waals surface area contributed by atoms with Gasteiger partial charge in [-0.05, 0) is 45.1 Å². The van der Waals surface area contributed by atoms with Gasteiger partial charge in [-0.15, -0.1) is 0 Å². The lowest BCUT2D eigenvalue weighted by Gasteiger charge is -2.38. The summed E-state index contributed by atoms with van der Waals surface area (Å²) in [7, 11) is 0. The SMILES string of the molecule is CC(C)(O)c1cccc2c1N(C1CCC1)CC2. The second kappa shape index (κ2) is 3.74. The minimum atomic E-state index is -0.738. The standard InChI is InChI=1S/C15H21NO/c1-15(2,17)13-8-3-5-11-9-10-16(14(11)13)12-6-4-7-12/h3,5,8,12,17H,4,6-7,9-10H2,1-2H3. The van der Waals surface area contributed by atoms with Crippen molar-refractivity contribution in [2.75, 3.05) is 11.4 Å². The van der Waals surface area contributed by atoms with Gasteiger partial charge in [0.1, 0.15) is 0 Å². The molecule has 0 spiro atoms. The molecule has 3 rings (SSSR count). The van der Waals surface area contributed by atoms with E-state index in [1.54, 1.807) is 0 Å². The van der Waals surface area contributed by atoms with E-state index in [0.717, 1.165) is 24.6 Å². The molecule has 1 N–H and O–H groups in total. The van der Waals surface area contributed by atoms with E-state index in [9.17, 15) is 5.11 Å². The zero-order valence-corrected chi connectivity index (χ0v) is 10.7. The number of aliphatic hydroxyl groups is 1. The summed E-state index contributed by atoms with van der Waals surface area (Å²) in [4.78, 5) is 2.53. The van der Waals surface area contributed by atoms with Crippen molar-refractivity contribution in [2.24, 2.45) is 0 Å². The van der Waals surface area contributed by atoms with E-state index >= 15 is 0 Å². The van der Waals surface area contributed by atoms with Gasteiger partial charge in [-0.2, -0.15) is 0 Å². The van der Waals surface area contributed by atoms with E-state index < -0.39 is 5.60 Å². The van der Waals surface area contributed by atoms with Gasteiger partial charge in [0.2, 0.25) is 0 Å². The molecular weight excluding hydrogens is 210 g/mol. The Morgan fingerprint density at radius 1 is 1.29 bits per heavy atom. The Kier molecular flexibility index (Phi) is 2.44. The van der Waals surface area contributed by atoms with Crippen LogP contribution in [0.25, 0.3) is 0 Å². The van der Waals surface area contributed by atoms with Gasteiger partial charge in [-0.25, -0.2) is 0 Å². The lowest BCUT2D eigenvalue weighted by molar-refractivity contribution is 0.0789. The number of nitrogens with zero attached hydrogens (tertiary/aromatic N) is 1. The summed E-state index contributed by atoms with van der Waals surface area (Å²) in [5.74, 6) is 0. The first kappa shape index (κ1) is 11.1. The fourth-order valence-electron chi connectivity index (χ4n) is 3.04. The zero-order valence-electron chi connectivity index (χ0n) is 10.7. The number of rotatable bonds is 2. The Balaban J connectivity index is 2.05. The van der Waals surface area contributed by atoms with Gasteiger partial charge < -0.3 is 10.0 Å². The first-order valence-corrected chi connectivity index (χ1v) is 6.69. The molecule has 0 amide bonds. The maximum Gasteiger partial charge on any atom is 0.0860 e. The number of fused-ring (bicyclic) bond motifs is 1. The molecule has 1 aromatic rings. The highest BCUT2D eigenvalue weighted by atomic mass is 16.3. The van der Waals surface area contributed by atoms with E-state index in [-0.39, 0.29) is 0 Å². The van der Waals surface area contributed by atoms with Crippen LogP contribution in [0.1, 0.15) is 44.2 Å². The second-order valence-corrected chi connectivity index (χ2v) is 5.90. The molecule has 1 aliphatic carbocycles. The first-order chi connectivity index (χ1) is 8.07. The van der Waals surface area contributed by atoms with Crippen molar-refractivity contribution < 1.29 is 5.11 Å². The molecule has 0 saturated heterocycles. The molecule has 0 radical (unpaired) electrons. The maximum absolute atomic E-state index is 10.3. The summed E-state index contributed by atoms with van der Waals surface area (Å²) in [6, 6.07) is 7.09. The molecule has 0 atom stereocenters. The van der Waals surface area contributed by atoms with Crippen LogP contribution in [0, 0.1) is 0 Å². The van der Waals surface area contributed by atoms with E-state index in [0.29, 0.717) is 0 Å². The summed E-state index contributed by atoms with van der Waals surface area (Å²) in [5, 5.41) is 10.3. The molecule has 2 heteroatoms. The minimum Gasteiger partial charge on any atom is -0.386 e. The average Bonchev–Trinajstić information content (AvgIpc) is 2.58. The molecule has 0 bridgehead atoms. The lowest BCUT2D eigenvalue weighted by Crippen LogP contribution is -2.40. The molecule has 0 aromatic heterocycles. The molecule has 92 valence electrons. The summed E-state index contributed by atoms with van der Waals surface area (Å²) >= 11 is 0. The van der Waals surface area contributed by atoms with Gasteiger partial charge in [0.25, 0.3) is 0 Å². The average molecular weight is 231 g/mol. The normalized spacial score (nSPS) is 20.3. The van der Waals surface area contributed by atoms with Gasteiger partial charge in [0.15, 0.2) is 0 Å². The number of anilines is 1. The molecule has 2 aliphatic rings. The van der Waals surface area contributed by atoms with E-state index in [1.807, 2.05) is 13.8 Å². The lowest BCUT2D eigenvalue weighted by atomic mass is 9.89. The van der Waals surface area contributed by atoms with Crippen LogP contribution in [0.4, 0.5) is 5.69 Å². The summed E-state index contributed by atoms with van der Waals surface area (Å²) in [5.41, 5.74) is 3.10. The highest BCUT2D eigenvalue weighted by molar-refractivity contribution is 5.65. The van der Waals surface area contributed by atoms with Gasteiger partial charge in [-0.1, -0.05) is 18.2 Å². The fraction of sp³-hybridized carbons (Fsp3) is 0.600. The minimum absolute atomic E-state index is 0.722. The second-order valence-electron chi connectivity index (χ2n) is 5.90. The molecule has 1 aliphatic heterocycles. The number of hydrogen-bond donors (Lipinski definition) is 1. The monoisotopic (exact) mass is 231 g/mol. The molecule has 2 nitrogen and oxygen atoms in total. The molecule has 1 saturated carbocycles. The van der Waals surface area contributed by atoms with Crippen molar-refractivity contribution in [3.8, 4) is 0 Å². The van der Waals surface area contributed by atoms with Gasteiger partial charge in [-0.3, -0.25) is 0 Å². The van der Waals surface area contributed by atoms with Crippen LogP contribution in [0.2, 0.25) is 0 Å². The van der Waals surface area contributed by atoms with Crippen LogP contribution in [0.5, 0.6) is 0 Å². The van der Waals surface area contributed by atoms with Crippen LogP contribution in [-0.4, -0.2) is 17.7 Å². The third-order valence-electron chi connectivity index (χ3n) is 4.20. The van der Waals surface area contributed by atoms with Gasteiger partial charge >= 0.3 is 0 Å². The van der Waals surface area contributed by atoms with Gasteiger partial charge in [0, 0.05) is 23.8 Å². The molecule has 17 heavy (non-hydrogen) atoms. The van der Waals surface area contributed by atoms with E-state index in [4.69, 9.17) is 0 Å². The molecular formula is C15H21NO.